The Kier molecular flexibility index (Phi) is 11.3. The van der Waals surface area contributed by atoms with Gasteiger partial charge in [0.25, 0.3) is 0 Å². The van der Waals surface area contributed by atoms with Crippen molar-refractivity contribution in [2.45, 2.75) is 66.2 Å². The van der Waals surface area contributed by atoms with Crippen LogP contribution in [0, 0.1) is 6.92 Å². The topological polar surface area (TPSA) is 0 Å². The molecule has 178 valence electrons. The van der Waals surface area contributed by atoms with Gasteiger partial charge in [0, 0.05) is 0 Å². The summed E-state index contributed by atoms with van der Waals surface area (Å²) >= 11 is 0. The summed E-state index contributed by atoms with van der Waals surface area (Å²) in [6.45, 7) is 15.4. The molecule has 0 N–H and O–H groups in total. The van der Waals surface area contributed by atoms with Gasteiger partial charge in [-0.1, -0.05) is 156 Å². The van der Waals surface area contributed by atoms with Crippen molar-refractivity contribution >= 4 is 0 Å². The predicted molar refractivity (Wildman–Crippen MR) is 152 cm³/mol. The lowest BCUT2D eigenvalue weighted by atomic mass is 9.99. The quantitative estimate of drug-likeness (QED) is 0.290. The number of hydrogen-bond donors (Lipinski definition) is 0. The molecule has 0 bridgehead atoms. The van der Waals surface area contributed by atoms with E-state index >= 15 is 0 Å². The average Bonchev–Trinajstić information content (AvgIpc) is 2.86. The summed E-state index contributed by atoms with van der Waals surface area (Å²) < 4.78 is 0. The van der Waals surface area contributed by atoms with Crippen molar-refractivity contribution in [1.82, 2.24) is 0 Å². The van der Waals surface area contributed by atoms with E-state index in [9.17, 15) is 0 Å². The Morgan fingerprint density at radius 3 is 1.06 bits per heavy atom. The maximum Gasteiger partial charge on any atom is -0.0184 e. The molecule has 0 amide bonds. The van der Waals surface area contributed by atoms with Crippen molar-refractivity contribution in [3.05, 3.63) is 131 Å². The van der Waals surface area contributed by atoms with Crippen LogP contribution >= 0.6 is 0 Å². The zero-order valence-electron chi connectivity index (χ0n) is 22.1. The second-order valence-corrected chi connectivity index (χ2v) is 9.77. The molecule has 0 aliphatic heterocycles. The summed E-state index contributed by atoms with van der Waals surface area (Å²) in [6.07, 6.45) is 0. The molecule has 0 saturated heterocycles. The Labute approximate surface area is 208 Å². The monoisotopic (exact) mass is 450 g/mol. The van der Waals surface area contributed by atoms with E-state index in [0.717, 1.165) is 0 Å². The van der Waals surface area contributed by atoms with Crippen LogP contribution in [-0.4, -0.2) is 0 Å². The lowest BCUT2D eigenvalue weighted by Gasteiger charge is -2.06. The van der Waals surface area contributed by atoms with Crippen LogP contribution < -0.4 is 0 Å². The molecule has 0 saturated carbocycles. The Hall–Kier alpha value is -3.12. The smallest absolute Gasteiger partial charge is 0.0184 e. The fraction of sp³-hybridized carbons (Fsp3) is 0.294. The van der Waals surface area contributed by atoms with Crippen LogP contribution in [0.4, 0.5) is 0 Å². The normalized spacial score (nSPS) is 10.4. The lowest BCUT2D eigenvalue weighted by molar-refractivity contribution is 0.866. The summed E-state index contributed by atoms with van der Waals surface area (Å²) in [7, 11) is 0. The van der Waals surface area contributed by atoms with Gasteiger partial charge in [-0.25, -0.2) is 0 Å². The van der Waals surface area contributed by atoms with Crippen LogP contribution in [-0.2, 0) is 0 Å². The van der Waals surface area contributed by atoms with Crippen molar-refractivity contribution < 1.29 is 0 Å². The molecular weight excluding hydrogens is 408 g/mol. The maximum absolute atomic E-state index is 2.22. The van der Waals surface area contributed by atoms with Crippen LogP contribution in [0.2, 0.25) is 0 Å². The minimum Gasteiger partial charge on any atom is -0.0622 e. The van der Waals surface area contributed by atoms with Gasteiger partial charge in [0.15, 0.2) is 0 Å². The summed E-state index contributed by atoms with van der Waals surface area (Å²) in [5.41, 5.74) is 8.15. The average molecular weight is 451 g/mol. The molecule has 4 aromatic rings. The SMILES string of the molecule is CC(C)c1ccc(-c2ccccc2)cc1.CC(C)c1ccccc1.Cc1ccc(C(C)C)cc1. The highest BCUT2D eigenvalue weighted by Crippen LogP contribution is 2.22. The third kappa shape index (κ3) is 9.40. The first-order valence-electron chi connectivity index (χ1n) is 12.5. The van der Waals surface area contributed by atoms with Gasteiger partial charge < -0.3 is 0 Å². The van der Waals surface area contributed by atoms with E-state index in [2.05, 4.69) is 146 Å². The second-order valence-electron chi connectivity index (χ2n) is 9.77. The fourth-order valence-corrected chi connectivity index (χ4v) is 3.48. The lowest BCUT2D eigenvalue weighted by Crippen LogP contribution is -1.86. The molecule has 0 radical (unpaired) electrons. The molecule has 0 heterocycles. The van der Waals surface area contributed by atoms with Crippen molar-refractivity contribution in [3.8, 4) is 11.1 Å². The minimum atomic E-state index is 0.606. The minimum absolute atomic E-state index is 0.606. The summed E-state index contributed by atoms with van der Waals surface area (Å²) in [5, 5.41) is 0. The van der Waals surface area contributed by atoms with E-state index in [4.69, 9.17) is 0 Å². The highest BCUT2D eigenvalue weighted by molar-refractivity contribution is 5.63. The van der Waals surface area contributed by atoms with Crippen LogP contribution in [0.1, 0.15) is 81.5 Å². The van der Waals surface area contributed by atoms with Crippen molar-refractivity contribution in [2.24, 2.45) is 0 Å². The Balaban J connectivity index is 0.000000189. The summed E-state index contributed by atoms with van der Waals surface area (Å²) in [5.74, 6) is 1.92. The second kappa shape index (κ2) is 14.2. The third-order valence-electron chi connectivity index (χ3n) is 5.89. The molecule has 0 fully saturated rings. The molecule has 0 atom stereocenters. The Morgan fingerprint density at radius 1 is 0.353 bits per heavy atom. The number of benzene rings is 4. The molecule has 0 unspecified atom stereocenters. The molecule has 4 aromatic carbocycles. The van der Waals surface area contributed by atoms with E-state index in [0.29, 0.717) is 17.8 Å². The highest BCUT2D eigenvalue weighted by Gasteiger charge is 2.00. The number of aryl methyl sites for hydroxylation is 1. The maximum atomic E-state index is 2.22. The first kappa shape index (κ1) is 27.1. The fourth-order valence-electron chi connectivity index (χ4n) is 3.48. The molecular formula is C34H42. The molecule has 0 aromatic heterocycles. The molecule has 0 aliphatic carbocycles. The van der Waals surface area contributed by atoms with E-state index in [1.54, 1.807) is 0 Å². The Bertz CT molecular complexity index is 1040. The molecule has 0 spiro atoms. The van der Waals surface area contributed by atoms with Gasteiger partial charge in [0.1, 0.15) is 0 Å². The zero-order valence-corrected chi connectivity index (χ0v) is 22.1. The zero-order chi connectivity index (χ0) is 24.9. The number of rotatable bonds is 4. The molecule has 0 heteroatoms. The summed E-state index contributed by atoms with van der Waals surface area (Å²) in [4.78, 5) is 0. The number of hydrogen-bond acceptors (Lipinski definition) is 0. The van der Waals surface area contributed by atoms with Gasteiger partial charge in [-0.2, -0.15) is 0 Å². The van der Waals surface area contributed by atoms with Gasteiger partial charge in [0.05, 0.1) is 0 Å². The first-order chi connectivity index (χ1) is 16.3. The predicted octanol–water partition coefficient (Wildman–Crippen LogP) is 10.4. The Morgan fingerprint density at radius 2 is 0.676 bits per heavy atom. The van der Waals surface area contributed by atoms with Crippen molar-refractivity contribution in [1.29, 1.82) is 0 Å². The third-order valence-corrected chi connectivity index (χ3v) is 5.89. The van der Waals surface area contributed by atoms with Gasteiger partial charge in [-0.15, -0.1) is 0 Å². The first-order valence-corrected chi connectivity index (χ1v) is 12.5. The van der Waals surface area contributed by atoms with E-state index < -0.39 is 0 Å². The van der Waals surface area contributed by atoms with E-state index in [1.165, 1.54) is 33.4 Å². The summed E-state index contributed by atoms with van der Waals surface area (Å²) in [6, 6.07) is 38.5. The van der Waals surface area contributed by atoms with Crippen molar-refractivity contribution in [3.63, 3.8) is 0 Å². The highest BCUT2D eigenvalue weighted by atomic mass is 14.0. The molecule has 0 aliphatic rings. The van der Waals surface area contributed by atoms with Crippen LogP contribution in [0.15, 0.2) is 109 Å². The standard InChI is InChI=1S/C15H16.C10H14.C9H12/c1-12(2)13-8-10-15(11-9-13)14-6-4-3-5-7-14;1-8(2)10-6-4-9(3)5-7-10;1-8(2)9-6-4-3-5-7-9/h3-12H,1-2H3;4-8H,1-3H3;3-8H,1-2H3. The van der Waals surface area contributed by atoms with Gasteiger partial charge in [-0.05, 0) is 52.5 Å². The van der Waals surface area contributed by atoms with Crippen LogP contribution in [0.25, 0.3) is 11.1 Å². The largest absolute Gasteiger partial charge is 0.0622 e. The van der Waals surface area contributed by atoms with Crippen LogP contribution in [0.3, 0.4) is 0 Å². The molecule has 0 nitrogen and oxygen atoms in total. The van der Waals surface area contributed by atoms with Gasteiger partial charge in [-0.3, -0.25) is 0 Å². The molecule has 4 rings (SSSR count). The van der Waals surface area contributed by atoms with E-state index in [1.807, 2.05) is 12.1 Å². The van der Waals surface area contributed by atoms with E-state index in [-0.39, 0.29) is 0 Å². The van der Waals surface area contributed by atoms with Crippen LogP contribution in [0.5, 0.6) is 0 Å². The van der Waals surface area contributed by atoms with Crippen molar-refractivity contribution in [2.75, 3.05) is 0 Å². The molecule has 34 heavy (non-hydrogen) atoms. The van der Waals surface area contributed by atoms with Gasteiger partial charge in [0.2, 0.25) is 0 Å². The van der Waals surface area contributed by atoms with Gasteiger partial charge >= 0.3 is 0 Å².